The summed E-state index contributed by atoms with van der Waals surface area (Å²) in [4.78, 5) is 16.8. The molecule has 0 atom stereocenters. The molecule has 1 amide bonds. The zero-order valence-electron chi connectivity index (χ0n) is 15.1. The van der Waals surface area contributed by atoms with Gasteiger partial charge in [0.25, 0.3) is 0 Å². The molecule has 4 nitrogen and oxygen atoms in total. The van der Waals surface area contributed by atoms with Crippen LogP contribution in [0.4, 0.5) is 0 Å². The Morgan fingerprint density at radius 3 is 2.48 bits per heavy atom. The van der Waals surface area contributed by atoms with Crippen molar-refractivity contribution in [3.8, 4) is 5.75 Å². The average Bonchev–Trinajstić information content (AvgIpc) is 2.78. The topological polar surface area (TPSA) is 32.8 Å². The Morgan fingerprint density at radius 2 is 1.72 bits per heavy atom. The van der Waals surface area contributed by atoms with Crippen molar-refractivity contribution in [3.05, 3.63) is 65.2 Å². The van der Waals surface area contributed by atoms with E-state index in [9.17, 15) is 4.79 Å². The van der Waals surface area contributed by atoms with Gasteiger partial charge >= 0.3 is 0 Å². The molecule has 0 radical (unpaired) electrons. The molecule has 2 aromatic rings. The van der Waals surface area contributed by atoms with Gasteiger partial charge in [0.05, 0.1) is 7.11 Å². The summed E-state index contributed by atoms with van der Waals surface area (Å²) in [5.41, 5.74) is 3.71. The van der Waals surface area contributed by atoms with Gasteiger partial charge in [0.2, 0.25) is 5.91 Å². The first-order chi connectivity index (χ1) is 12.1. The van der Waals surface area contributed by atoms with E-state index in [0.717, 1.165) is 37.5 Å². The fourth-order valence-electron chi connectivity index (χ4n) is 3.30. The maximum atomic E-state index is 12.5. The number of hydrogen-bond donors (Lipinski definition) is 0. The Bertz CT molecular complexity index is 729. The summed E-state index contributed by atoms with van der Waals surface area (Å²) in [5, 5.41) is 0. The summed E-state index contributed by atoms with van der Waals surface area (Å²) in [6, 6.07) is 16.5. The minimum absolute atomic E-state index is 0.231. The van der Waals surface area contributed by atoms with Gasteiger partial charge in [0, 0.05) is 39.1 Å². The van der Waals surface area contributed by atoms with Gasteiger partial charge in [-0.2, -0.15) is 0 Å². The Hall–Kier alpha value is -2.33. The van der Waals surface area contributed by atoms with Gasteiger partial charge in [-0.15, -0.1) is 0 Å². The van der Waals surface area contributed by atoms with Crippen molar-refractivity contribution in [1.82, 2.24) is 9.80 Å². The van der Waals surface area contributed by atoms with Crippen LogP contribution in [0.5, 0.6) is 5.75 Å². The van der Waals surface area contributed by atoms with Crippen LogP contribution in [0.1, 0.15) is 23.1 Å². The number of carbonyl (C=O) groups excluding carboxylic acids is 1. The van der Waals surface area contributed by atoms with E-state index >= 15 is 0 Å². The molecule has 0 aliphatic carbocycles. The highest BCUT2D eigenvalue weighted by Gasteiger charge is 2.21. The molecule has 0 aromatic heterocycles. The summed E-state index contributed by atoms with van der Waals surface area (Å²) in [5.74, 6) is 1.07. The average molecular weight is 338 g/mol. The van der Waals surface area contributed by atoms with Gasteiger partial charge in [-0.3, -0.25) is 9.69 Å². The molecule has 0 unspecified atom stereocenters. The second-order valence-corrected chi connectivity index (χ2v) is 6.68. The first-order valence-electron chi connectivity index (χ1n) is 8.82. The van der Waals surface area contributed by atoms with Crippen molar-refractivity contribution in [2.24, 2.45) is 0 Å². The first kappa shape index (κ1) is 17.5. The standard InChI is InChI=1S/C21H26N2O2/c1-17-5-3-6-18(13-17)15-22-10-9-21(24)23(12-11-22)16-19-7-4-8-20(14-19)25-2/h3-8,13-14H,9-12,15-16H2,1-2H3. The molecule has 2 aromatic carbocycles. The molecule has 25 heavy (non-hydrogen) atoms. The van der Waals surface area contributed by atoms with Crippen LogP contribution >= 0.6 is 0 Å². The SMILES string of the molecule is COc1cccc(CN2CCN(Cc3cccc(C)c3)CCC2=O)c1. The Balaban J connectivity index is 1.61. The molecule has 1 heterocycles. The molecular weight excluding hydrogens is 312 g/mol. The molecule has 1 aliphatic heterocycles. The predicted octanol–water partition coefficient (Wildman–Crippen LogP) is 3.24. The molecular formula is C21H26N2O2. The highest BCUT2D eigenvalue weighted by molar-refractivity contribution is 5.76. The fourth-order valence-corrected chi connectivity index (χ4v) is 3.30. The third-order valence-electron chi connectivity index (χ3n) is 4.68. The number of hydrogen-bond acceptors (Lipinski definition) is 3. The lowest BCUT2D eigenvalue weighted by Gasteiger charge is -2.22. The Labute approximate surface area is 150 Å². The Morgan fingerprint density at radius 1 is 0.960 bits per heavy atom. The monoisotopic (exact) mass is 338 g/mol. The summed E-state index contributed by atoms with van der Waals surface area (Å²) in [6.07, 6.45) is 0.579. The van der Waals surface area contributed by atoms with E-state index in [1.54, 1.807) is 7.11 Å². The van der Waals surface area contributed by atoms with Crippen LogP contribution in [-0.2, 0) is 17.9 Å². The van der Waals surface area contributed by atoms with Crippen molar-refractivity contribution in [1.29, 1.82) is 0 Å². The number of ether oxygens (including phenoxy) is 1. The summed E-state index contributed by atoms with van der Waals surface area (Å²) in [7, 11) is 1.67. The molecule has 1 fully saturated rings. The van der Waals surface area contributed by atoms with Crippen LogP contribution in [0.3, 0.4) is 0 Å². The van der Waals surface area contributed by atoms with E-state index in [2.05, 4.69) is 36.1 Å². The molecule has 0 bridgehead atoms. The summed E-state index contributed by atoms with van der Waals surface area (Å²) < 4.78 is 5.28. The van der Waals surface area contributed by atoms with Crippen LogP contribution in [0.15, 0.2) is 48.5 Å². The molecule has 0 spiro atoms. The number of carbonyl (C=O) groups is 1. The maximum Gasteiger partial charge on any atom is 0.224 e. The zero-order chi connectivity index (χ0) is 17.6. The van der Waals surface area contributed by atoms with E-state index in [1.165, 1.54) is 11.1 Å². The lowest BCUT2D eigenvalue weighted by atomic mass is 10.1. The molecule has 3 rings (SSSR count). The third kappa shape index (κ3) is 4.83. The molecule has 0 N–H and O–H groups in total. The lowest BCUT2D eigenvalue weighted by molar-refractivity contribution is -0.130. The normalized spacial score (nSPS) is 15.9. The highest BCUT2D eigenvalue weighted by atomic mass is 16.5. The van der Waals surface area contributed by atoms with Crippen molar-refractivity contribution in [2.75, 3.05) is 26.7 Å². The minimum Gasteiger partial charge on any atom is -0.497 e. The number of aryl methyl sites for hydroxylation is 1. The van der Waals surface area contributed by atoms with E-state index in [1.807, 2.05) is 29.2 Å². The van der Waals surface area contributed by atoms with E-state index in [0.29, 0.717) is 13.0 Å². The molecule has 1 aliphatic rings. The molecule has 132 valence electrons. The van der Waals surface area contributed by atoms with Crippen LogP contribution < -0.4 is 4.74 Å². The lowest BCUT2D eigenvalue weighted by Crippen LogP contribution is -2.32. The highest BCUT2D eigenvalue weighted by Crippen LogP contribution is 2.17. The first-order valence-corrected chi connectivity index (χ1v) is 8.82. The van der Waals surface area contributed by atoms with Gasteiger partial charge in [0.15, 0.2) is 0 Å². The van der Waals surface area contributed by atoms with Gasteiger partial charge in [-0.1, -0.05) is 42.0 Å². The number of benzene rings is 2. The second-order valence-electron chi connectivity index (χ2n) is 6.68. The molecule has 0 saturated carbocycles. The number of methoxy groups -OCH3 is 1. The third-order valence-corrected chi connectivity index (χ3v) is 4.68. The number of amides is 1. The minimum atomic E-state index is 0.231. The van der Waals surface area contributed by atoms with E-state index < -0.39 is 0 Å². The number of rotatable bonds is 5. The predicted molar refractivity (Wildman–Crippen MR) is 99.5 cm³/mol. The van der Waals surface area contributed by atoms with Crippen molar-refractivity contribution >= 4 is 5.91 Å². The zero-order valence-corrected chi connectivity index (χ0v) is 15.1. The molecule has 4 heteroatoms. The smallest absolute Gasteiger partial charge is 0.224 e. The van der Waals surface area contributed by atoms with Crippen molar-refractivity contribution in [3.63, 3.8) is 0 Å². The van der Waals surface area contributed by atoms with Crippen LogP contribution in [0.2, 0.25) is 0 Å². The van der Waals surface area contributed by atoms with Gasteiger partial charge in [-0.25, -0.2) is 0 Å². The number of nitrogens with zero attached hydrogens (tertiary/aromatic N) is 2. The van der Waals surface area contributed by atoms with Crippen LogP contribution in [0.25, 0.3) is 0 Å². The van der Waals surface area contributed by atoms with Gasteiger partial charge in [0.1, 0.15) is 5.75 Å². The van der Waals surface area contributed by atoms with E-state index in [-0.39, 0.29) is 5.91 Å². The largest absolute Gasteiger partial charge is 0.497 e. The van der Waals surface area contributed by atoms with Gasteiger partial charge in [-0.05, 0) is 30.2 Å². The molecule has 1 saturated heterocycles. The second kappa shape index (κ2) is 8.17. The fraction of sp³-hybridized carbons (Fsp3) is 0.381. The summed E-state index contributed by atoms with van der Waals surface area (Å²) in [6.45, 7) is 6.16. The van der Waals surface area contributed by atoms with Gasteiger partial charge < -0.3 is 9.64 Å². The summed E-state index contributed by atoms with van der Waals surface area (Å²) >= 11 is 0. The van der Waals surface area contributed by atoms with Crippen LogP contribution in [0, 0.1) is 6.92 Å². The van der Waals surface area contributed by atoms with E-state index in [4.69, 9.17) is 4.74 Å². The van der Waals surface area contributed by atoms with Crippen molar-refractivity contribution < 1.29 is 9.53 Å². The van der Waals surface area contributed by atoms with Crippen LogP contribution in [-0.4, -0.2) is 42.5 Å². The maximum absolute atomic E-state index is 12.5. The quantitative estimate of drug-likeness (QED) is 0.839. The Kier molecular flexibility index (Phi) is 5.71. The van der Waals surface area contributed by atoms with Crippen molar-refractivity contribution in [2.45, 2.75) is 26.4 Å².